The van der Waals surface area contributed by atoms with Crippen molar-refractivity contribution in [3.63, 3.8) is 0 Å². The van der Waals surface area contributed by atoms with E-state index in [2.05, 4.69) is 37.3 Å². The molecule has 34 heavy (non-hydrogen) atoms. The number of hydrogen-bond acceptors (Lipinski definition) is 7. The minimum Gasteiger partial charge on any atom is -0.393 e. The maximum absolute atomic E-state index is 13.3. The van der Waals surface area contributed by atoms with Crippen LogP contribution in [-0.2, 0) is 17.8 Å². The number of fused-ring (bicyclic) bond motifs is 2. The summed E-state index contributed by atoms with van der Waals surface area (Å²) in [6.45, 7) is 5.56. The first kappa shape index (κ1) is 21.5. The van der Waals surface area contributed by atoms with Crippen molar-refractivity contribution in [1.82, 2.24) is 19.5 Å². The molecule has 3 aliphatic rings. The molecule has 178 valence electrons. The van der Waals surface area contributed by atoms with Crippen LogP contribution in [0.4, 0.5) is 11.4 Å². The number of aliphatic hydroxyl groups is 1. The number of ether oxygens (including phenoxy) is 1. The van der Waals surface area contributed by atoms with Crippen molar-refractivity contribution in [2.75, 3.05) is 43.1 Å². The average Bonchev–Trinajstić information content (AvgIpc) is 3.57. The van der Waals surface area contributed by atoms with Gasteiger partial charge in [-0.2, -0.15) is 5.10 Å². The molecular weight excluding hydrogens is 432 g/mol. The number of anilines is 2. The first-order valence-corrected chi connectivity index (χ1v) is 12.1. The maximum atomic E-state index is 13.3. The Labute approximate surface area is 198 Å². The molecule has 6 rings (SSSR count). The van der Waals surface area contributed by atoms with Crippen molar-refractivity contribution in [1.29, 1.82) is 0 Å². The van der Waals surface area contributed by atoms with E-state index < -0.39 is 0 Å². The van der Waals surface area contributed by atoms with Gasteiger partial charge in [0.15, 0.2) is 5.65 Å². The van der Waals surface area contributed by atoms with Crippen LogP contribution in [-0.4, -0.2) is 69.5 Å². The molecule has 1 saturated carbocycles. The summed E-state index contributed by atoms with van der Waals surface area (Å²) < 4.78 is 7.17. The second-order valence-electron chi connectivity index (χ2n) is 9.57. The summed E-state index contributed by atoms with van der Waals surface area (Å²) in [7, 11) is 0. The number of benzene rings is 1. The molecule has 9 nitrogen and oxygen atoms in total. The average molecular weight is 463 g/mol. The quantitative estimate of drug-likeness (QED) is 0.601. The van der Waals surface area contributed by atoms with Gasteiger partial charge in [-0.15, -0.1) is 0 Å². The number of nitrogens with zero attached hydrogens (tertiary/aromatic N) is 5. The number of hydrogen-bond donors (Lipinski definition) is 2. The number of carbonyl (C=O) groups excluding carboxylic acids is 1. The number of nitrogens with one attached hydrogen (secondary N) is 1. The molecule has 9 heteroatoms. The third-order valence-corrected chi connectivity index (χ3v) is 7.34. The summed E-state index contributed by atoms with van der Waals surface area (Å²) >= 11 is 0. The fraction of sp³-hybridized carbons (Fsp3) is 0.480. The van der Waals surface area contributed by atoms with E-state index in [-0.39, 0.29) is 12.0 Å². The normalized spacial score (nSPS) is 22.9. The Morgan fingerprint density at radius 1 is 1.18 bits per heavy atom. The fourth-order valence-corrected chi connectivity index (χ4v) is 5.54. The number of aromatic nitrogens is 3. The van der Waals surface area contributed by atoms with Gasteiger partial charge >= 0.3 is 0 Å². The summed E-state index contributed by atoms with van der Waals surface area (Å²) in [5, 5.41) is 17.7. The minimum atomic E-state index is -0.216. The van der Waals surface area contributed by atoms with Gasteiger partial charge in [0.25, 0.3) is 5.91 Å². The van der Waals surface area contributed by atoms with Gasteiger partial charge < -0.3 is 20.1 Å². The molecule has 0 bridgehead atoms. The molecule has 0 unspecified atom stereocenters. The largest absolute Gasteiger partial charge is 0.393 e. The van der Waals surface area contributed by atoms with Crippen LogP contribution in [0.2, 0.25) is 0 Å². The van der Waals surface area contributed by atoms with Crippen LogP contribution in [0.15, 0.2) is 36.8 Å². The zero-order valence-electron chi connectivity index (χ0n) is 19.2. The minimum absolute atomic E-state index is 0.179. The van der Waals surface area contributed by atoms with E-state index in [0.29, 0.717) is 30.3 Å². The third kappa shape index (κ3) is 4.04. The first-order valence-electron chi connectivity index (χ1n) is 12.1. The molecule has 0 radical (unpaired) electrons. The molecule has 1 amide bonds. The Balaban J connectivity index is 1.28. The van der Waals surface area contributed by atoms with Gasteiger partial charge in [0.1, 0.15) is 5.56 Å². The molecule has 2 aliphatic heterocycles. The number of morpholine rings is 1. The van der Waals surface area contributed by atoms with Gasteiger partial charge in [0.05, 0.1) is 36.9 Å². The summed E-state index contributed by atoms with van der Waals surface area (Å²) in [6.07, 6.45) is 7.96. The lowest BCUT2D eigenvalue weighted by Gasteiger charge is -2.31. The second-order valence-corrected chi connectivity index (χ2v) is 9.57. The van der Waals surface area contributed by atoms with E-state index in [1.165, 1.54) is 11.1 Å². The summed E-state index contributed by atoms with van der Waals surface area (Å²) in [5.41, 5.74) is 5.36. The van der Waals surface area contributed by atoms with Crippen LogP contribution in [0.25, 0.3) is 5.65 Å². The van der Waals surface area contributed by atoms with E-state index in [4.69, 9.17) is 4.74 Å². The van der Waals surface area contributed by atoms with E-state index in [1.807, 2.05) is 0 Å². The Bertz CT molecular complexity index is 1200. The van der Waals surface area contributed by atoms with Crippen molar-refractivity contribution in [3.05, 3.63) is 53.5 Å². The Kier molecular flexibility index (Phi) is 5.68. The van der Waals surface area contributed by atoms with Crippen LogP contribution in [0.5, 0.6) is 0 Å². The van der Waals surface area contributed by atoms with Crippen molar-refractivity contribution in [3.8, 4) is 0 Å². The van der Waals surface area contributed by atoms with Gasteiger partial charge in [-0.05, 0) is 48.1 Å². The highest BCUT2D eigenvalue weighted by Crippen LogP contribution is 2.36. The topological polar surface area (TPSA) is 95.2 Å². The SMILES string of the molecule is O=C(Nc1cc2c(cc1N1CCOCC1)CN(C[C@H]1CCC[C@H]1O)C2)c1cnn2cccnc12. The van der Waals surface area contributed by atoms with Crippen LogP contribution in [0.1, 0.15) is 40.7 Å². The molecule has 2 aromatic heterocycles. The van der Waals surface area contributed by atoms with Crippen LogP contribution in [0.3, 0.4) is 0 Å². The fourth-order valence-electron chi connectivity index (χ4n) is 5.54. The van der Waals surface area contributed by atoms with Crippen LogP contribution in [0, 0.1) is 5.92 Å². The van der Waals surface area contributed by atoms with Gasteiger partial charge in [0.2, 0.25) is 0 Å². The molecule has 3 aromatic rings. The van der Waals surface area contributed by atoms with Gasteiger partial charge in [0, 0.05) is 45.1 Å². The smallest absolute Gasteiger partial charge is 0.261 e. The highest BCUT2D eigenvalue weighted by molar-refractivity contribution is 6.09. The lowest BCUT2D eigenvalue weighted by molar-refractivity contribution is 0.101. The van der Waals surface area contributed by atoms with Crippen molar-refractivity contribution >= 4 is 22.9 Å². The summed E-state index contributed by atoms with van der Waals surface area (Å²) in [5.74, 6) is 0.141. The van der Waals surface area contributed by atoms with E-state index in [0.717, 1.165) is 63.4 Å². The third-order valence-electron chi connectivity index (χ3n) is 7.34. The predicted octanol–water partition coefficient (Wildman–Crippen LogP) is 2.29. The Morgan fingerprint density at radius 3 is 2.79 bits per heavy atom. The monoisotopic (exact) mass is 462 g/mol. The van der Waals surface area contributed by atoms with Gasteiger partial charge in [-0.1, -0.05) is 6.42 Å². The second kappa shape index (κ2) is 8.98. The lowest BCUT2D eigenvalue weighted by Crippen LogP contribution is -2.37. The molecule has 4 heterocycles. The number of rotatable bonds is 5. The molecular formula is C25H30N6O3. The molecule has 1 aromatic carbocycles. The maximum Gasteiger partial charge on any atom is 0.261 e. The Hall–Kier alpha value is -3.01. The van der Waals surface area contributed by atoms with E-state index >= 15 is 0 Å². The highest BCUT2D eigenvalue weighted by Gasteiger charge is 2.30. The summed E-state index contributed by atoms with van der Waals surface area (Å²) in [6, 6.07) is 6.15. The van der Waals surface area contributed by atoms with Crippen molar-refractivity contribution in [2.45, 2.75) is 38.5 Å². The number of amides is 1. The summed E-state index contributed by atoms with van der Waals surface area (Å²) in [4.78, 5) is 22.3. The molecule has 1 saturated heterocycles. The predicted molar refractivity (Wildman–Crippen MR) is 128 cm³/mol. The first-order chi connectivity index (χ1) is 16.7. The van der Waals surface area contributed by atoms with Crippen molar-refractivity contribution in [2.24, 2.45) is 5.92 Å². The molecule has 2 fully saturated rings. The van der Waals surface area contributed by atoms with Gasteiger partial charge in [-0.25, -0.2) is 9.50 Å². The number of carbonyl (C=O) groups is 1. The van der Waals surface area contributed by atoms with Gasteiger partial charge in [-0.3, -0.25) is 9.69 Å². The molecule has 1 aliphatic carbocycles. The van der Waals surface area contributed by atoms with E-state index in [1.54, 1.807) is 29.2 Å². The molecule has 2 N–H and O–H groups in total. The molecule has 2 atom stereocenters. The van der Waals surface area contributed by atoms with Crippen LogP contribution >= 0.6 is 0 Å². The van der Waals surface area contributed by atoms with E-state index in [9.17, 15) is 9.90 Å². The van der Waals surface area contributed by atoms with Crippen LogP contribution < -0.4 is 10.2 Å². The standard InChI is InChI=1S/C25H30N6O3/c32-23-4-1-3-17(23)14-29-15-18-11-21(22(12-19(18)16-29)30-7-9-34-10-8-30)28-25(33)20-13-27-31-6-2-5-26-24(20)31/h2,5-6,11-13,17,23,32H,1,3-4,7-10,14-16H2,(H,28,33)/t17-,23-/m1/s1. The Morgan fingerprint density at radius 2 is 2.00 bits per heavy atom. The zero-order valence-corrected chi connectivity index (χ0v) is 19.2. The number of aliphatic hydroxyl groups excluding tert-OH is 1. The zero-order chi connectivity index (χ0) is 23.1. The lowest BCUT2D eigenvalue weighted by atomic mass is 10.1. The van der Waals surface area contributed by atoms with Crippen molar-refractivity contribution < 1.29 is 14.6 Å². The highest BCUT2D eigenvalue weighted by atomic mass is 16.5. The molecule has 0 spiro atoms.